The quantitative estimate of drug-likeness (QED) is 0.477. The fourth-order valence-corrected chi connectivity index (χ4v) is 1.65. The topological polar surface area (TPSA) is 43.4 Å². The number of carbonyl (C=O) groups excluding carboxylic acids is 2. The molecule has 0 aromatic heterocycles. The molecule has 0 atom stereocenters. The Bertz CT molecular complexity index is 441. The molecule has 0 aliphatic rings. The Morgan fingerprint density at radius 1 is 1.31 bits per heavy atom. The monoisotopic (exact) mass is 260 g/mol. The zero-order chi connectivity index (χ0) is 12.3. The van der Waals surface area contributed by atoms with E-state index in [1.807, 2.05) is 0 Å². The Kier molecular flexibility index (Phi) is 4.33. The van der Waals surface area contributed by atoms with Gasteiger partial charge in [-0.1, -0.05) is 23.2 Å². The summed E-state index contributed by atoms with van der Waals surface area (Å²) in [4.78, 5) is 22.6. The molecule has 0 fully saturated rings. The summed E-state index contributed by atoms with van der Waals surface area (Å²) in [6.45, 7) is 1.71. The van der Waals surface area contributed by atoms with Gasteiger partial charge < -0.3 is 4.74 Å². The molecule has 1 aromatic carbocycles. The second kappa shape index (κ2) is 5.32. The first-order valence-corrected chi connectivity index (χ1v) is 5.27. The number of esters is 1. The van der Waals surface area contributed by atoms with Crippen molar-refractivity contribution in [1.29, 1.82) is 0 Å². The Morgan fingerprint density at radius 3 is 2.50 bits per heavy atom. The zero-order valence-corrected chi connectivity index (χ0v) is 10.4. The number of benzene rings is 1. The van der Waals surface area contributed by atoms with E-state index in [-0.39, 0.29) is 22.8 Å². The van der Waals surface area contributed by atoms with Crippen LogP contribution in [-0.2, 0) is 9.53 Å². The van der Waals surface area contributed by atoms with Crippen LogP contribution in [0.25, 0.3) is 0 Å². The number of ether oxygens (including phenoxy) is 1. The summed E-state index contributed by atoms with van der Waals surface area (Å²) in [5.41, 5.74) is 0.910. The minimum Gasteiger partial charge on any atom is -0.469 e. The molecule has 0 saturated heterocycles. The standard InChI is InChI=1S/C11H10Cl2O3/c1-6-8(12)4-3-7(11(6)13)9(14)5-10(15)16-2/h3-4H,5H2,1-2H3. The van der Waals surface area contributed by atoms with Crippen molar-refractivity contribution in [3.8, 4) is 0 Å². The number of ketones is 1. The van der Waals surface area contributed by atoms with Gasteiger partial charge in [-0.3, -0.25) is 9.59 Å². The molecule has 0 spiro atoms. The zero-order valence-electron chi connectivity index (χ0n) is 8.84. The molecular weight excluding hydrogens is 251 g/mol. The highest BCUT2D eigenvalue weighted by Gasteiger charge is 2.17. The second-order valence-corrected chi connectivity index (χ2v) is 4.00. The van der Waals surface area contributed by atoms with Crippen LogP contribution < -0.4 is 0 Å². The summed E-state index contributed by atoms with van der Waals surface area (Å²) in [6, 6.07) is 3.08. The molecule has 1 rings (SSSR count). The maximum absolute atomic E-state index is 11.7. The maximum atomic E-state index is 11.7. The molecule has 5 heteroatoms. The molecule has 0 N–H and O–H groups in total. The van der Waals surface area contributed by atoms with Crippen molar-refractivity contribution < 1.29 is 14.3 Å². The van der Waals surface area contributed by atoms with Gasteiger partial charge in [-0.15, -0.1) is 0 Å². The van der Waals surface area contributed by atoms with Crippen molar-refractivity contribution in [2.75, 3.05) is 7.11 Å². The van der Waals surface area contributed by atoms with Crippen molar-refractivity contribution >= 4 is 35.0 Å². The first kappa shape index (κ1) is 13.0. The molecule has 0 amide bonds. The van der Waals surface area contributed by atoms with Crippen LogP contribution >= 0.6 is 23.2 Å². The van der Waals surface area contributed by atoms with E-state index in [1.54, 1.807) is 13.0 Å². The highest BCUT2D eigenvalue weighted by molar-refractivity contribution is 6.38. The third kappa shape index (κ3) is 2.74. The summed E-state index contributed by atoms with van der Waals surface area (Å²) in [7, 11) is 1.23. The Hall–Kier alpha value is -1.06. The smallest absolute Gasteiger partial charge is 0.313 e. The summed E-state index contributed by atoms with van der Waals surface area (Å²) in [6.07, 6.45) is -0.322. The van der Waals surface area contributed by atoms with Crippen molar-refractivity contribution in [2.24, 2.45) is 0 Å². The molecule has 0 aliphatic heterocycles. The van der Waals surface area contributed by atoms with Gasteiger partial charge in [0.05, 0.1) is 12.1 Å². The summed E-state index contributed by atoms with van der Waals surface area (Å²) < 4.78 is 4.41. The van der Waals surface area contributed by atoms with Crippen molar-refractivity contribution in [3.05, 3.63) is 33.3 Å². The van der Waals surface area contributed by atoms with Crippen LogP contribution in [0.5, 0.6) is 0 Å². The number of halogens is 2. The summed E-state index contributed by atoms with van der Waals surface area (Å²) in [5, 5.41) is 0.765. The molecular formula is C11H10Cl2O3. The highest BCUT2D eigenvalue weighted by Crippen LogP contribution is 2.27. The van der Waals surface area contributed by atoms with Gasteiger partial charge in [0.25, 0.3) is 0 Å². The van der Waals surface area contributed by atoms with Crippen molar-refractivity contribution in [2.45, 2.75) is 13.3 Å². The maximum Gasteiger partial charge on any atom is 0.313 e. The minimum atomic E-state index is -0.589. The molecule has 3 nitrogen and oxygen atoms in total. The Labute approximate surface area is 103 Å². The molecule has 0 radical (unpaired) electrons. The number of rotatable bonds is 3. The van der Waals surface area contributed by atoms with Gasteiger partial charge in [-0.05, 0) is 24.6 Å². The lowest BCUT2D eigenvalue weighted by molar-refractivity contribution is -0.139. The van der Waals surface area contributed by atoms with Gasteiger partial charge in [0.2, 0.25) is 0 Å². The van der Waals surface area contributed by atoms with E-state index >= 15 is 0 Å². The van der Waals surface area contributed by atoms with E-state index in [0.717, 1.165) is 0 Å². The molecule has 16 heavy (non-hydrogen) atoms. The van der Waals surface area contributed by atoms with Gasteiger partial charge in [0.15, 0.2) is 5.78 Å². The van der Waals surface area contributed by atoms with Gasteiger partial charge in [-0.2, -0.15) is 0 Å². The van der Waals surface area contributed by atoms with Gasteiger partial charge >= 0.3 is 5.97 Å². The number of hydrogen-bond acceptors (Lipinski definition) is 3. The average Bonchev–Trinajstić information content (AvgIpc) is 2.25. The Balaban J connectivity index is 3.01. The molecule has 0 heterocycles. The molecule has 0 saturated carbocycles. The first-order valence-electron chi connectivity index (χ1n) is 4.52. The average molecular weight is 261 g/mol. The normalized spacial score (nSPS) is 10.0. The van der Waals surface area contributed by atoms with E-state index in [1.165, 1.54) is 13.2 Å². The summed E-state index contributed by atoms with van der Waals surface area (Å²) >= 11 is 11.8. The lowest BCUT2D eigenvalue weighted by atomic mass is 10.1. The van der Waals surface area contributed by atoms with Crippen LogP contribution in [0.3, 0.4) is 0 Å². The van der Waals surface area contributed by atoms with Crippen LogP contribution in [0, 0.1) is 6.92 Å². The van der Waals surface area contributed by atoms with Crippen LogP contribution in [-0.4, -0.2) is 18.9 Å². The number of carbonyl (C=O) groups is 2. The van der Waals surface area contributed by atoms with Crippen LogP contribution in [0.4, 0.5) is 0 Å². The lowest BCUT2D eigenvalue weighted by Crippen LogP contribution is -2.10. The van der Waals surface area contributed by atoms with Crippen molar-refractivity contribution in [1.82, 2.24) is 0 Å². The van der Waals surface area contributed by atoms with E-state index in [9.17, 15) is 9.59 Å². The van der Waals surface area contributed by atoms with E-state index in [2.05, 4.69) is 4.74 Å². The first-order chi connectivity index (χ1) is 7.47. The fraction of sp³-hybridized carbons (Fsp3) is 0.273. The van der Waals surface area contributed by atoms with Gasteiger partial charge in [0, 0.05) is 10.6 Å². The third-order valence-electron chi connectivity index (χ3n) is 2.15. The van der Waals surface area contributed by atoms with Gasteiger partial charge in [0.1, 0.15) is 6.42 Å². The van der Waals surface area contributed by atoms with Crippen LogP contribution in [0.15, 0.2) is 12.1 Å². The molecule has 0 aliphatic carbocycles. The minimum absolute atomic E-state index is 0.279. The number of Topliss-reactive ketones (excluding diaryl/α,β-unsaturated/α-hetero) is 1. The molecule has 0 bridgehead atoms. The van der Waals surface area contributed by atoms with Crippen molar-refractivity contribution in [3.63, 3.8) is 0 Å². The van der Waals surface area contributed by atoms with Crippen LogP contribution in [0.2, 0.25) is 10.0 Å². The Morgan fingerprint density at radius 2 is 1.94 bits per heavy atom. The number of methoxy groups -OCH3 is 1. The second-order valence-electron chi connectivity index (χ2n) is 3.21. The highest BCUT2D eigenvalue weighted by atomic mass is 35.5. The summed E-state index contributed by atoms with van der Waals surface area (Å²) in [5.74, 6) is -0.967. The number of hydrogen-bond donors (Lipinski definition) is 0. The van der Waals surface area contributed by atoms with Crippen LogP contribution in [0.1, 0.15) is 22.3 Å². The van der Waals surface area contributed by atoms with E-state index < -0.39 is 5.97 Å². The largest absolute Gasteiger partial charge is 0.469 e. The fourth-order valence-electron chi connectivity index (χ4n) is 1.18. The molecule has 0 unspecified atom stereocenters. The molecule has 86 valence electrons. The van der Waals surface area contributed by atoms with E-state index in [4.69, 9.17) is 23.2 Å². The predicted octanol–water partition coefficient (Wildman–Crippen LogP) is 3.05. The molecule has 1 aromatic rings. The predicted molar refractivity (Wildman–Crippen MR) is 62.2 cm³/mol. The lowest BCUT2D eigenvalue weighted by Gasteiger charge is -2.06. The third-order valence-corrected chi connectivity index (χ3v) is 3.05. The SMILES string of the molecule is COC(=O)CC(=O)c1ccc(Cl)c(C)c1Cl. The van der Waals surface area contributed by atoms with Gasteiger partial charge in [-0.25, -0.2) is 0 Å². The van der Waals surface area contributed by atoms with E-state index in [0.29, 0.717) is 10.6 Å².